The van der Waals surface area contributed by atoms with Gasteiger partial charge in [-0.05, 0) is 12.8 Å². The van der Waals surface area contributed by atoms with E-state index in [4.69, 9.17) is 15.2 Å². The minimum atomic E-state index is -0.466. The van der Waals surface area contributed by atoms with Crippen LogP contribution in [0.3, 0.4) is 0 Å². The van der Waals surface area contributed by atoms with Gasteiger partial charge in [0.2, 0.25) is 0 Å². The lowest BCUT2D eigenvalue weighted by Gasteiger charge is -2.45. The second kappa shape index (κ2) is 4.31. The van der Waals surface area contributed by atoms with Crippen LogP contribution in [0.15, 0.2) is 17.6 Å². The number of ether oxygens (including phenoxy) is 2. The predicted molar refractivity (Wildman–Crippen MR) is 69.8 cm³/mol. The zero-order valence-corrected chi connectivity index (χ0v) is 10.9. The van der Waals surface area contributed by atoms with Crippen LogP contribution in [0.25, 0.3) is 0 Å². The number of rotatable bonds is 2. The molecule has 3 aliphatic rings. The fourth-order valence-electron chi connectivity index (χ4n) is 3.33. The molecule has 0 aromatic heterocycles. The molecule has 19 heavy (non-hydrogen) atoms. The third-order valence-electron chi connectivity index (χ3n) is 4.40. The normalized spacial score (nSPS) is 28.1. The summed E-state index contributed by atoms with van der Waals surface area (Å²) in [5.41, 5.74) is 5.55. The average Bonchev–Trinajstić information content (AvgIpc) is 2.93. The number of amidine groups is 1. The van der Waals surface area contributed by atoms with Gasteiger partial charge in [0.1, 0.15) is 11.4 Å². The molecule has 1 saturated carbocycles. The van der Waals surface area contributed by atoms with Crippen molar-refractivity contribution in [2.75, 3.05) is 19.8 Å². The van der Waals surface area contributed by atoms with Crippen LogP contribution < -0.4 is 5.73 Å². The molecule has 3 rings (SSSR count). The molecule has 0 aromatic rings. The van der Waals surface area contributed by atoms with Gasteiger partial charge in [-0.15, -0.1) is 6.58 Å². The van der Waals surface area contributed by atoms with Gasteiger partial charge in [-0.1, -0.05) is 6.08 Å². The molecule has 1 saturated heterocycles. The molecule has 2 spiro atoms. The van der Waals surface area contributed by atoms with Crippen LogP contribution in [0.2, 0.25) is 0 Å². The van der Waals surface area contributed by atoms with Crippen molar-refractivity contribution < 1.29 is 14.3 Å². The Morgan fingerprint density at radius 1 is 1.32 bits per heavy atom. The van der Waals surface area contributed by atoms with Crippen molar-refractivity contribution in [3.05, 3.63) is 12.7 Å². The zero-order chi connectivity index (χ0) is 13.5. The number of amides is 2. The van der Waals surface area contributed by atoms with Gasteiger partial charge in [0.05, 0.1) is 13.2 Å². The quantitative estimate of drug-likeness (QED) is 0.756. The van der Waals surface area contributed by atoms with Gasteiger partial charge in [0, 0.05) is 19.4 Å². The molecule has 2 heterocycles. The summed E-state index contributed by atoms with van der Waals surface area (Å²) in [5.74, 6) is -0.0380. The smallest absolute Gasteiger partial charge is 0.346 e. The molecule has 2 fully saturated rings. The number of carbonyl (C=O) groups excluding carboxylic acids is 1. The molecule has 6 nitrogen and oxygen atoms in total. The van der Waals surface area contributed by atoms with Crippen molar-refractivity contribution >= 4 is 11.9 Å². The first-order valence-electron chi connectivity index (χ1n) is 6.67. The van der Waals surface area contributed by atoms with Gasteiger partial charge in [-0.25, -0.2) is 4.79 Å². The van der Waals surface area contributed by atoms with Gasteiger partial charge in [-0.3, -0.25) is 0 Å². The maximum absolute atomic E-state index is 11.9. The molecule has 2 N–H and O–H groups in total. The Kier molecular flexibility index (Phi) is 2.87. The second-order valence-corrected chi connectivity index (χ2v) is 5.32. The number of nitrogens with zero attached hydrogens (tertiary/aromatic N) is 2. The first-order valence-corrected chi connectivity index (χ1v) is 6.67. The highest BCUT2D eigenvalue weighted by atomic mass is 16.7. The topological polar surface area (TPSA) is 77.2 Å². The summed E-state index contributed by atoms with van der Waals surface area (Å²) >= 11 is 0. The van der Waals surface area contributed by atoms with Crippen molar-refractivity contribution in [1.29, 1.82) is 0 Å². The minimum absolute atomic E-state index is 0.262. The lowest BCUT2D eigenvalue weighted by molar-refractivity contribution is -0.185. The molecule has 0 aromatic carbocycles. The van der Waals surface area contributed by atoms with E-state index in [-0.39, 0.29) is 6.03 Å². The van der Waals surface area contributed by atoms with Crippen LogP contribution in [0, 0.1) is 0 Å². The Bertz CT molecular complexity index is 430. The maximum atomic E-state index is 11.9. The van der Waals surface area contributed by atoms with Gasteiger partial charge in [0.25, 0.3) is 0 Å². The highest BCUT2D eigenvalue weighted by Gasteiger charge is 2.54. The van der Waals surface area contributed by atoms with Crippen molar-refractivity contribution in [2.24, 2.45) is 10.7 Å². The first kappa shape index (κ1) is 12.6. The zero-order valence-electron chi connectivity index (χ0n) is 10.9. The Balaban J connectivity index is 1.81. The molecular formula is C13H19N3O3. The van der Waals surface area contributed by atoms with Crippen molar-refractivity contribution in [2.45, 2.75) is 37.0 Å². The molecule has 104 valence electrons. The maximum Gasteiger partial charge on any atom is 0.346 e. The van der Waals surface area contributed by atoms with Crippen LogP contribution in [-0.2, 0) is 9.47 Å². The molecule has 2 aliphatic heterocycles. The van der Waals surface area contributed by atoms with E-state index < -0.39 is 11.3 Å². The number of nitrogens with two attached hydrogens (primary N) is 1. The van der Waals surface area contributed by atoms with Gasteiger partial charge in [-0.2, -0.15) is 4.99 Å². The first-order chi connectivity index (χ1) is 9.12. The Hall–Kier alpha value is -1.40. The lowest BCUT2D eigenvalue weighted by Crippen LogP contribution is -2.58. The number of hydrogen-bond donors (Lipinski definition) is 1. The predicted octanol–water partition coefficient (Wildman–Crippen LogP) is 1.02. The van der Waals surface area contributed by atoms with Gasteiger partial charge >= 0.3 is 6.03 Å². The average molecular weight is 265 g/mol. The third-order valence-corrected chi connectivity index (χ3v) is 4.40. The third kappa shape index (κ3) is 1.78. The second-order valence-electron chi connectivity index (χ2n) is 5.32. The number of aliphatic imine (C=N–C) groups is 1. The summed E-state index contributed by atoms with van der Waals surface area (Å²) in [4.78, 5) is 17.6. The monoisotopic (exact) mass is 265 g/mol. The van der Waals surface area contributed by atoms with Crippen LogP contribution in [-0.4, -0.2) is 47.9 Å². The highest BCUT2D eigenvalue weighted by Crippen LogP contribution is 2.44. The van der Waals surface area contributed by atoms with E-state index in [2.05, 4.69) is 11.6 Å². The van der Waals surface area contributed by atoms with Crippen LogP contribution >= 0.6 is 0 Å². The van der Waals surface area contributed by atoms with Crippen molar-refractivity contribution in [1.82, 2.24) is 4.90 Å². The summed E-state index contributed by atoms with van der Waals surface area (Å²) < 4.78 is 11.4. The van der Waals surface area contributed by atoms with E-state index >= 15 is 0 Å². The Morgan fingerprint density at radius 3 is 2.53 bits per heavy atom. The molecule has 6 heteroatoms. The summed E-state index contributed by atoms with van der Waals surface area (Å²) in [6.45, 7) is 5.46. The molecule has 0 radical (unpaired) electrons. The largest absolute Gasteiger partial charge is 0.385 e. The summed E-state index contributed by atoms with van der Waals surface area (Å²) in [7, 11) is 0. The van der Waals surface area contributed by atoms with E-state index in [9.17, 15) is 4.79 Å². The lowest BCUT2D eigenvalue weighted by atomic mass is 9.77. The van der Waals surface area contributed by atoms with Crippen LogP contribution in [0.4, 0.5) is 4.79 Å². The minimum Gasteiger partial charge on any atom is -0.385 e. The van der Waals surface area contributed by atoms with E-state index in [0.717, 1.165) is 25.7 Å². The van der Waals surface area contributed by atoms with Crippen LogP contribution in [0.1, 0.15) is 25.7 Å². The molecule has 0 bridgehead atoms. The van der Waals surface area contributed by atoms with E-state index in [1.807, 2.05) is 0 Å². The summed E-state index contributed by atoms with van der Waals surface area (Å²) in [5, 5.41) is 0. The Morgan fingerprint density at radius 2 is 1.95 bits per heavy atom. The van der Waals surface area contributed by atoms with E-state index in [0.29, 0.717) is 25.6 Å². The SMILES string of the molecule is C=CCN1C(=O)N=C(N)C12CCC1(CC2)OCCO1. The van der Waals surface area contributed by atoms with E-state index in [1.165, 1.54) is 0 Å². The number of urea groups is 1. The fourth-order valence-corrected chi connectivity index (χ4v) is 3.33. The molecule has 2 amide bonds. The molecule has 1 aliphatic carbocycles. The van der Waals surface area contributed by atoms with Crippen LogP contribution in [0.5, 0.6) is 0 Å². The number of hydrogen-bond acceptors (Lipinski definition) is 4. The Labute approximate surface area is 112 Å². The van der Waals surface area contributed by atoms with Gasteiger partial charge < -0.3 is 20.1 Å². The number of carbonyl (C=O) groups is 1. The van der Waals surface area contributed by atoms with Gasteiger partial charge in [0.15, 0.2) is 5.79 Å². The highest BCUT2D eigenvalue weighted by molar-refractivity contribution is 6.06. The standard InChI is InChI=1S/C13H19N3O3/c1-2-7-16-11(17)15-10(14)12(16)3-5-13(6-4-12)18-8-9-19-13/h2H,1,3-9H2,(H2,14,15,17). The molecular weight excluding hydrogens is 246 g/mol. The fraction of sp³-hybridized carbons (Fsp3) is 0.692. The molecule has 0 unspecified atom stereocenters. The summed E-state index contributed by atoms with van der Waals surface area (Å²) in [6, 6.07) is -0.262. The summed E-state index contributed by atoms with van der Waals surface area (Å²) in [6.07, 6.45) is 4.64. The molecule has 0 atom stereocenters. The van der Waals surface area contributed by atoms with Crippen molar-refractivity contribution in [3.8, 4) is 0 Å². The van der Waals surface area contributed by atoms with Crippen molar-refractivity contribution in [3.63, 3.8) is 0 Å². The van der Waals surface area contributed by atoms with E-state index in [1.54, 1.807) is 11.0 Å².